The molecule has 1 aliphatic carbocycles. The molecule has 210 valence electrons. The van der Waals surface area contributed by atoms with Gasteiger partial charge in [-0.25, -0.2) is 10.3 Å². The molecule has 2 amide bonds. The molecule has 40 heavy (non-hydrogen) atoms. The van der Waals surface area contributed by atoms with Crippen molar-refractivity contribution < 1.29 is 29.1 Å². The number of thiophene rings is 1. The van der Waals surface area contributed by atoms with Crippen LogP contribution in [0.2, 0.25) is 10.0 Å². The Morgan fingerprint density at radius 1 is 1.10 bits per heavy atom. The molecule has 2 aromatic carbocycles. The van der Waals surface area contributed by atoms with Crippen LogP contribution in [0.15, 0.2) is 53.9 Å². The van der Waals surface area contributed by atoms with Crippen molar-refractivity contribution in [1.82, 2.24) is 10.4 Å². The molecule has 5 rings (SSSR count). The summed E-state index contributed by atoms with van der Waals surface area (Å²) in [5.41, 5.74) is 4.43. The van der Waals surface area contributed by atoms with E-state index in [9.17, 15) is 19.5 Å². The number of carbonyl (C=O) groups excluding carboxylic acids is 3. The van der Waals surface area contributed by atoms with Crippen molar-refractivity contribution >= 4 is 52.3 Å². The van der Waals surface area contributed by atoms with Crippen molar-refractivity contribution in [2.24, 2.45) is 0 Å². The van der Waals surface area contributed by atoms with Gasteiger partial charge in [-0.15, -0.1) is 11.3 Å². The Bertz CT molecular complexity index is 1430. The van der Waals surface area contributed by atoms with E-state index in [1.807, 2.05) is 0 Å². The first-order chi connectivity index (χ1) is 19.3. The first-order valence-electron chi connectivity index (χ1n) is 12.9. The number of fused-ring (bicyclic) bond motifs is 1. The summed E-state index contributed by atoms with van der Waals surface area (Å²) in [6, 6.07) is 12.3. The van der Waals surface area contributed by atoms with Gasteiger partial charge in [0.15, 0.2) is 0 Å². The lowest BCUT2D eigenvalue weighted by Gasteiger charge is -2.48. The highest BCUT2D eigenvalue weighted by Gasteiger charge is 2.49. The minimum absolute atomic E-state index is 0.0259. The number of hydrogen-bond donors (Lipinski definition) is 2. The Labute approximate surface area is 245 Å². The zero-order chi connectivity index (χ0) is 28.4. The summed E-state index contributed by atoms with van der Waals surface area (Å²) in [5, 5.41) is 13.4. The van der Waals surface area contributed by atoms with Gasteiger partial charge in [0.05, 0.1) is 36.8 Å². The lowest BCUT2D eigenvalue weighted by Crippen LogP contribution is -2.55. The monoisotopic (exact) mass is 602 g/mol. The van der Waals surface area contributed by atoms with Crippen LogP contribution in [0.4, 0.5) is 0 Å². The number of esters is 1. The van der Waals surface area contributed by atoms with E-state index in [0.717, 1.165) is 12.8 Å². The fourth-order valence-electron chi connectivity index (χ4n) is 5.61. The molecule has 2 aliphatic rings. The minimum Gasteiger partial charge on any atom is -0.465 e. The van der Waals surface area contributed by atoms with Crippen LogP contribution in [0, 0.1) is 0 Å². The number of nitrogens with zero attached hydrogens (tertiary/aromatic N) is 1. The molecule has 1 saturated carbocycles. The van der Waals surface area contributed by atoms with Crippen LogP contribution in [-0.4, -0.2) is 47.0 Å². The van der Waals surface area contributed by atoms with Gasteiger partial charge >= 0.3 is 5.97 Å². The average Bonchev–Trinajstić information content (AvgIpc) is 3.42. The molecule has 8 nitrogen and oxygen atoms in total. The van der Waals surface area contributed by atoms with E-state index in [2.05, 4.69) is 5.48 Å². The first kappa shape index (κ1) is 28.6. The lowest BCUT2D eigenvalue weighted by molar-refractivity contribution is -0.138. The SMILES string of the molecule is COC(=O)c1csc(CONC(=O)[C@@H]2c3ccccc3C(=O)N([C@H]3CCCC[C@@H]3O)[C@H]2c2ccc(Cl)cc2Cl)c1. The molecule has 0 spiro atoms. The van der Waals surface area contributed by atoms with E-state index in [1.54, 1.807) is 58.8 Å². The third kappa shape index (κ3) is 5.62. The Balaban J connectivity index is 1.51. The number of methoxy groups -OCH3 is 1. The van der Waals surface area contributed by atoms with Gasteiger partial charge in [-0.2, -0.15) is 0 Å². The molecule has 1 aliphatic heterocycles. The number of hydroxylamine groups is 1. The molecule has 0 unspecified atom stereocenters. The number of rotatable bonds is 7. The van der Waals surface area contributed by atoms with Crippen LogP contribution in [0.1, 0.15) is 74.4 Å². The van der Waals surface area contributed by atoms with Crippen molar-refractivity contribution in [3.05, 3.63) is 91.1 Å². The van der Waals surface area contributed by atoms with Gasteiger partial charge in [-0.3, -0.25) is 14.4 Å². The van der Waals surface area contributed by atoms with Gasteiger partial charge in [-0.1, -0.05) is 60.3 Å². The number of benzene rings is 2. The molecule has 3 aromatic rings. The van der Waals surface area contributed by atoms with Crippen molar-refractivity contribution in [1.29, 1.82) is 0 Å². The van der Waals surface area contributed by atoms with Crippen LogP contribution in [0.3, 0.4) is 0 Å². The predicted octanol–water partition coefficient (Wildman–Crippen LogP) is 5.67. The van der Waals surface area contributed by atoms with Gasteiger partial charge < -0.3 is 14.7 Å². The summed E-state index contributed by atoms with van der Waals surface area (Å²) in [6.45, 7) is 0.0259. The fraction of sp³-hybridized carbons (Fsp3) is 0.345. The molecule has 4 atom stereocenters. The second-order valence-corrected chi connectivity index (χ2v) is 11.7. The summed E-state index contributed by atoms with van der Waals surface area (Å²) in [4.78, 5) is 47.6. The second kappa shape index (κ2) is 12.3. The number of aliphatic hydroxyl groups excluding tert-OH is 1. The van der Waals surface area contributed by atoms with E-state index in [4.69, 9.17) is 32.8 Å². The van der Waals surface area contributed by atoms with Crippen LogP contribution >= 0.6 is 34.5 Å². The Morgan fingerprint density at radius 3 is 2.62 bits per heavy atom. The van der Waals surface area contributed by atoms with E-state index < -0.39 is 36.0 Å². The Hall–Kier alpha value is -2.95. The van der Waals surface area contributed by atoms with Gasteiger partial charge in [0, 0.05) is 25.9 Å². The molecule has 0 radical (unpaired) electrons. The highest BCUT2D eigenvalue weighted by atomic mass is 35.5. The molecule has 0 saturated heterocycles. The van der Waals surface area contributed by atoms with Gasteiger partial charge in [-0.05, 0) is 48.2 Å². The third-order valence-corrected chi connectivity index (χ3v) is 8.93. The molecular formula is C29H28Cl2N2O6S. The molecule has 2 heterocycles. The fourth-order valence-corrected chi connectivity index (χ4v) is 6.90. The largest absolute Gasteiger partial charge is 0.465 e. The van der Waals surface area contributed by atoms with Crippen molar-refractivity contribution in [2.75, 3.05) is 7.11 Å². The number of amides is 2. The van der Waals surface area contributed by atoms with Crippen molar-refractivity contribution in [3.63, 3.8) is 0 Å². The summed E-state index contributed by atoms with van der Waals surface area (Å²) < 4.78 is 4.74. The maximum Gasteiger partial charge on any atom is 0.338 e. The number of halogens is 2. The summed E-state index contributed by atoms with van der Waals surface area (Å²) in [6.07, 6.45) is 2.14. The zero-order valence-electron chi connectivity index (χ0n) is 21.6. The van der Waals surface area contributed by atoms with Crippen LogP contribution in [0.25, 0.3) is 0 Å². The van der Waals surface area contributed by atoms with E-state index in [-0.39, 0.29) is 12.5 Å². The molecule has 1 fully saturated rings. The first-order valence-corrected chi connectivity index (χ1v) is 14.6. The maximum absolute atomic E-state index is 14.0. The number of hydrogen-bond acceptors (Lipinski definition) is 7. The van der Waals surface area contributed by atoms with Crippen molar-refractivity contribution in [2.45, 2.75) is 56.4 Å². The predicted molar refractivity (Wildman–Crippen MR) is 151 cm³/mol. The average molecular weight is 604 g/mol. The standard InChI is InChI=1S/C29H28Cl2N2O6S/c1-38-29(37)16-12-18(40-15-16)14-39-32-27(35)25-19-6-2-3-7-20(19)28(36)33(23-8-4-5-9-24(23)34)26(25)21-11-10-17(30)13-22(21)31/h2-3,6-7,10-13,15,23-26,34H,4-5,8-9,14H2,1H3,(H,32,35)/t23-,24-,25+,26-/m0/s1. The normalized spacial score (nSPS) is 22.5. The molecule has 2 N–H and O–H groups in total. The maximum atomic E-state index is 14.0. The molecule has 0 bridgehead atoms. The van der Waals surface area contributed by atoms with E-state index in [1.165, 1.54) is 18.4 Å². The third-order valence-electron chi connectivity index (χ3n) is 7.45. The lowest BCUT2D eigenvalue weighted by atomic mass is 9.77. The number of aliphatic hydroxyl groups is 1. The number of carbonyl (C=O) groups is 3. The summed E-state index contributed by atoms with van der Waals surface area (Å²) in [5.74, 6) is -2.09. The highest BCUT2D eigenvalue weighted by molar-refractivity contribution is 7.10. The smallest absolute Gasteiger partial charge is 0.338 e. The minimum atomic E-state index is -0.893. The van der Waals surface area contributed by atoms with Crippen molar-refractivity contribution in [3.8, 4) is 0 Å². The Kier molecular flexibility index (Phi) is 8.77. The zero-order valence-corrected chi connectivity index (χ0v) is 24.0. The summed E-state index contributed by atoms with van der Waals surface area (Å²) in [7, 11) is 1.31. The van der Waals surface area contributed by atoms with E-state index >= 15 is 0 Å². The van der Waals surface area contributed by atoms with E-state index in [0.29, 0.717) is 50.0 Å². The number of nitrogens with one attached hydrogen (secondary N) is 1. The summed E-state index contributed by atoms with van der Waals surface area (Å²) >= 11 is 14.2. The molecule has 1 aromatic heterocycles. The van der Waals surface area contributed by atoms with Gasteiger partial charge in [0.2, 0.25) is 0 Å². The highest BCUT2D eigenvalue weighted by Crippen LogP contribution is 2.47. The van der Waals surface area contributed by atoms with Crippen LogP contribution in [-0.2, 0) is 21.0 Å². The molecule has 11 heteroatoms. The topological polar surface area (TPSA) is 105 Å². The van der Waals surface area contributed by atoms with Gasteiger partial charge in [0.25, 0.3) is 11.8 Å². The van der Waals surface area contributed by atoms with Crippen LogP contribution < -0.4 is 5.48 Å². The number of ether oxygens (including phenoxy) is 1. The Morgan fingerprint density at radius 2 is 1.88 bits per heavy atom. The van der Waals surface area contributed by atoms with Crippen LogP contribution in [0.5, 0.6) is 0 Å². The quantitative estimate of drug-likeness (QED) is 0.266. The second-order valence-electron chi connectivity index (χ2n) is 9.86. The van der Waals surface area contributed by atoms with Gasteiger partial charge in [0.1, 0.15) is 6.61 Å². The molecular weight excluding hydrogens is 575 g/mol.